The highest BCUT2D eigenvalue weighted by atomic mass is 35.5. The van der Waals surface area contributed by atoms with Crippen LogP contribution in [0.3, 0.4) is 0 Å². The molecule has 0 unspecified atom stereocenters. The van der Waals surface area contributed by atoms with Crippen LogP contribution in [0.25, 0.3) is 0 Å². The maximum Gasteiger partial charge on any atom is 0.254 e. The summed E-state index contributed by atoms with van der Waals surface area (Å²) in [6.45, 7) is 4.18. The van der Waals surface area contributed by atoms with E-state index in [2.05, 4.69) is 26.8 Å². The molecule has 0 aliphatic carbocycles. The van der Waals surface area contributed by atoms with Gasteiger partial charge >= 0.3 is 0 Å². The number of nitrogens with one attached hydrogen (secondary N) is 1. The lowest BCUT2D eigenvalue weighted by atomic mass is 10.1. The fourth-order valence-corrected chi connectivity index (χ4v) is 3.24. The van der Waals surface area contributed by atoms with E-state index in [-0.39, 0.29) is 5.56 Å². The van der Waals surface area contributed by atoms with Crippen LogP contribution in [0.2, 0.25) is 10.3 Å². The third-order valence-corrected chi connectivity index (χ3v) is 4.51. The van der Waals surface area contributed by atoms with Gasteiger partial charge in [0.25, 0.3) is 5.56 Å². The number of rotatable bonds is 4. The number of nitrogens with zero attached hydrogens (tertiary/aromatic N) is 3. The molecule has 2 aromatic rings. The number of aromatic amines is 1. The van der Waals surface area contributed by atoms with E-state index in [1.807, 2.05) is 6.07 Å². The van der Waals surface area contributed by atoms with E-state index in [4.69, 9.17) is 23.2 Å². The Kier molecular flexibility index (Phi) is 4.99. The lowest BCUT2D eigenvalue weighted by Crippen LogP contribution is -2.35. The largest absolute Gasteiger partial charge is 0.310 e. The molecule has 1 N–H and O–H groups in total. The molecule has 5 nitrogen and oxygen atoms in total. The molecule has 0 fully saturated rings. The van der Waals surface area contributed by atoms with Crippen molar-refractivity contribution >= 4 is 23.2 Å². The predicted molar refractivity (Wildman–Crippen MR) is 90.9 cm³/mol. The van der Waals surface area contributed by atoms with Crippen molar-refractivity contribution in [3.8, 4) is 0 Å². The quantitative estimate of drug-likeness (QED) is 0.859. The van der Waals surface area contributed by atoms with E-state index in [1.54, 1.807) is 6.07 Å². The monoisotopic (exact) mass is 352 g/mol. The lowest BCUT2D eigenvalue weighted by molar-refractivity contribution is 0.240. The van der Waals surface area contributed by atoms with Gasteiger partial charge in [0.2, 0.25) is 0 Å². The molecule has 0 saturated carbocycles. The van der Waals surface area contributed by atoms with Gasteiger partial charge in [0.1, 0.15) is 16.1 Å². The molecule has 0 spiro atoms. The van der Waals surface area contributed by atoms with Crippen molar-refractivity contribution in [2.75, 3.05) is 6.54 Å². The minimum absolute atomic E-state index is 0.00397. The number of fused-ring (bicyclic) bond motifs is 1. The van der Waals surface area contributed by atoms with Gasteiger partial charge in [-0.2, -0.15) is 0 Å². The van der Waals surface area contributed by atoms with Crippen molar-refractivity contribution in [2.45, 2.75) is 39.3 Å². The summed E-state index contributed by atoms with van der Waals surface area (Å²) >= 11 is 12.0. The summed E-state index contributed by atoms with van der Waals surface area (Å²) in [7, 11) is 0. The fourth-order valence-electron chi connectivity index (χ4n) is 2.84. The first-order valence-corrected chi connectivity index (χ1v) is 8.46. The molecule has 3 rings (SSSR count). The smallest absolute Gasteiger partial charge is 0.254 e. The Labute approximate surface area is 144 Å². The number of aromatic nitrogens is 3. The van der Waals surface area contributed by atoms with E-state index in [0.29, 0.717) is 29.8 Å². The van der Waals surface area contributed by atoms with Gasteiger partial charge in [0.05, 0.1) is 5.69 Å². The molecule has 2 aromatic heterocycles. The third-order valence-electron chi connectivity index (χ3n) is 3.97. The van der Waals surface area contributed by atoms with Gasteiger partial charge in [-0.25, -0.2) is 9.97 Å². The highest BCUT2D eigenvalue weighted by molar-refractivity contribution is 6.32. The normalized spacial score (nSPS) is 14.7. The lowest BCUT2D eigenvalue weighted by Gasteiger charge is -2.27. The van der Waals surface area contributed by atoms with E-state index in [9.17, 15) is 4.79 Å². The molecule has 0 amide bonds. The topological polar surface area (TPSA) is 61.9 Å². The number of aryl methyl sites for hydroxylation is 1. The molecule has 1 aliphatic heterocycles. The zero-order valence-electron chi connectivity index (χ0n) is 12.9. The molecular weight excluding hydrogens is 335 g/mol. The maximum atomic E-state index is 12.2. The van der Waals surface area contributed by atoms with Gasteiger partial charge in [-0.15, -0.1) is 0 Å². The van der Waals surface area contributed by atoms with E-state index in [1.165, 1.54) is 0 Å². The summed E-state index contributed by atoms with van der Waals surface area (Å²) in [6, 6.07) is 3.63. The zero-order chi connectivity index (χ0) is 16.4. The van der Waals surface area contributed by atoms with Crippen LogP contribution in [-0.4, -0.2) is 26.4 Å². The van der Waals surface area contributed by atoms with Crippen molar-refractivity contribution < 1.29 is 0 Å². The van der Waals surface area contributed by atoms with Crippen molar-refractivity contribution in [2.24, 2.45) is 0 Å². The average Bonchev–Trinajstić information content (AvgIpc) is 2.50. The van der Waals surface area contributed by atoms with Gasteiger partial charge < -0.3 is 4.98 Å². The predicted octanol–water partition coefficient (Wildman–Crippen LogP) is 2.98. The first-order chi connectivity index (χ1) is 11.1. The van der Waals surface area contributed by atoms with Crippen LogP contribution in [0, 0.1) is 0 Å². The van der Waals surface area contributed by atoms with Crippen LogP contribution in [-0.2, 0) is 25.9 Å². The first kappa shape index (κ1) is 16.4. The van der Waals surface area contributed by atoms with Crippen molar-refractivity contribution in [3.05, 3.63) is 55.4 Å². The Morgan fingerprint density at radius 1 is 1.30 bits per heavy atom. The van der Waals surface area contributed by atoms with Crippen LogP contribution in [0.5, 0.6) is 0 Å². The minimum atomic E-state index is 0.00397. The SMILES string of the molecule is CCCc1nc2c(c(=O)[nH]1)CCN(Cc1ccc(Cl)nc1Cl)C2. The van der Waals surface area contributed by atoms with E-state index < -0.39 is 0 Å². The number of pyridine rings is 1. The third kappa shape index (κ3) is 3.74. The standard InChI is InChI=1S/C16H18Cl2N4O/c1-2-3-14-19-12-9-22(7-6-11(12)16(23)21-14)8-10-4-5-13(17)20-15(10)18/h4-5H,2-3,6-9H2,1H3,(H,19,21,23). The zero-order valence-corrected chi connectivity index (χ0v) is 14.4. The summed E-state index contributed by atoms with van der Waals surface area (Å²) in [5.74, 6) is 0.768. The summed E-state index contributed by atoms with van der Waals surface area (Å²) in [6.07, 6.45) is 2.44. The molecular formula is C16H18Cl2N4O. The molecule has 1 aliphatic rings. The van der Waals surface area contributed by atoms with Crippen molar-refractivity contribution in [3.63, 3.8) is 0 Å². The number of hydrogen-bond acceptors (Lipinski definition) is 4. The molecule has 122 valence electrons. The van der Waals surface area contributed by atoms with Gasteiger partial charge in [-0.05, 0) is 18.9 Å². The molecule has 0 aromatic carbocycles. The van der Waals surface area contributed by atoms with Crippen LogP contribution >= 0.6 is 23.2 Å². The maximum absolute atomic E-state index is 12.2. The highest BCUT2D eigenvalue weighted by Gasteiger charge is 2.21. The second-order valence-electron chi connectivity index (χ2n) is 5.73. The minimum Gasteiger partial charge on any atom is -0.310 e. The Bertz CT molecular complexity index is 775. The molecule has 0 bridgehead atoms. The van der Waals surface area contributed by atoms with Crippen LogP contribution in [0.1, 0.15) is 36.0 Å². The van der Waals surface area contributed by atoms with Crippen LogP contribution in [0.4, 0.5) is 0 Å². The fraction of sp³-hybridized carbons (Fsp3) is 0.438. The van der Waals surface area contributed by atoms with E-state index >= 15 is 0 Å². The van der Waals surface area contributed by atoms with Gasteiger partial charge in [-0.3, -0.25) is 9.69 Å². The highest BCUT2D eigenvalue weighted by Crippen LogP contribution is 2.21. The number of hydrogen-bond donors (Lipinski definition) is 1. The van der Waals surface area contributed by atoms with Gasteiger partial charge in [0.15, 0.2) is 0 Å². The van der Waals surface area contributed by atoms with E-state index in [0.717, 1.165) is 42.0 Å². The van der Waals surface area contributed by atoms with Crippen molar-refractivity contribution in [1.29, 1.82) is 0 Å². The Morgan fingerprint density at radius 3 is 2.87 bits per heavy atom. The van der Waals surface area contributed by atoms with Gasteiger partial charge in [-0.1, -0.05) is 36.2 Å². The average molecular weight is 353 g/mol. The molecule has 7 heteroatoms. The summed E-state index contributed by atoms with van der Waals surface area (Å²) in [5.41, 5.74) is 2.62. The Balaban J connectivity index is 1.80. The van der Waals surface area contributed by atoms with Gasteiger partial charge in [0, 0.05) is 37.2 Å². The molecule has 0 radical (unpaired) electrons. The Hall–Kier alpha value is -1.43. The van der Waals surface area contributed by atoms with Crippen molar-refractivity contribution in [1.82, 2.24) is 19.9 Å². The van der Waals surface area contributed by atoms with Crippen LogP contribution in [0.15, 0.2) is 16.9 Å². The Morgan fingerprint density at radius 2 is 2.13 bits per heavy atom. The number of halogens is 2. The number of H-pyrrole nitrogens is 1. The molecule has 23 heavy (non-hydrogen) atoms. The van der Waals surface area contributed by atoms with Crippen LogP contribution < -0.4 is 5.56 Å². The molecule has 3 heterocycles. The summed E-state index contributed by atoms with van der Waals surface area (Å²) in [4.78, 5) is 26.0. The second kappa shape index (κ2) is 6.99. The summed E-state index contributed by atoms with van der Waals surface area (Å²) in [5, 5.41) is 0.814. The molecule has 0 saturated heterocycles. The summed E-state index contributed by atoms with van der Waals surface area (Å²) < 4.78 is 0. The second-order valence-corrected chi connectivity index (χ2v) is 6.48. The first-order valence-electron chi connectivity index (χ1n) is 7.71. The molecule has 0 atom stereocenters.